The summed E-state index contributed by atoms with van der Waals surface area (Å²) < 4.78 is 13.6. The van der Waals surface area contributed by atoms with Gasteiger partial charge < -0.3 is 10.6 Å². The van der Waals surface area contributed by atoms with E-state index < -0.39 is 17.5 Å². The third kappa shape index (κ3) is 5.28. The van der Waals surface area contributed by atoms with Gasteiger partial charge in [0.25, 0.3) is 5.91 Å². The average Bonchev–Trinajstić information content (AvgIpc) is 2.83. The number of imide groups is 1. The molecule has 1 unspecified atom stereocenters. The first-order valence-electron chi connectivity index (χ1n) is 9.42. The second-order valence-electron chi connectivity index (χ2n) is 7.32. The molecule has 2 N–H and O–H groups in total. The number of unbranched alkanes of at least 4 members (excludes halogenated alkanes) is 3. The van der Waals surface area contributed by atoms with Crippen molar-refractivity contribution in [3.8, 4) is 0 Å². The first-order chi connectivity index (χ1) is 12.8. The third-order valence-electron chi connectivity index (χ3n) is 4.90. The number of carbonyl (C=O) groups excluding carboxylic acids is 3. The van der Waals surface area contributed by atoms with Crippen LogP contribution in [0.1, 0.15) is 57.1 Å². The number of nitrogens with zero attached hydrogens (tertiary/aromatic N) is 1. The summed E-state index contributed by atoms with van der Waals surface area (Å²) in [7, 11) is 0. The molecule has 1 saturated heterocycles. The molecule has 27 heavy (non-hydrogen) atoms. The Morgan fingerprint density at radius 1 is 1.26 bits per heavy atom. The SMILES string of the molecule is CCCCCCC1(C)NC(=O)N(CC(=O)NCc2ccc(C)c(F)c2)C1=O. The van der Waals surface area contributed by atoms with Crippen LogP contribution < -0.4 is 10.6 Å². The summed E-state index contributed by atoms with van der Waals surface area (Å²) in [6, 6.07) is 4.17. The fourth-order valence-corrected chi connectivity index (χ4v) is 3.11. The van der Waals surface area contributed by atoms with Crippen LogP contribution >= 0.6 is 0 Å². The molecule has 1 aliphatic heterocycles. The van der Waals surface area contributed by atoms with Crippen LogP contribution in [0.4, 0.5) is 9.18 Å². The van der Waals surface area contributed by atoms with Gasteiger partial charge in [-0.15, -0.1) is 0 Å². The number of urea groups is 1. The Morgan fingerprint density at radius 2 is 2.00 bits per heavy atom. The maximum atomic E-state index is 13.6. The van der Waals surface area contributed by atoms with Gasteiger partial charge in [-0.25, -0.2) is 9.18 Å². The number of aryl methyl sites for hydroxylation is 1. The van der Waals surface area contributed by atoms with E-state index in [-0.39, 0.29) is 24.8 Å². The molecule has 1 aromatic carbocycles. The van der Waals surface area contributed by atoms with Crippen molar-refractivity contribution in [2.24, 2.45) is 0 Å². The van der Waals surface area contributed by atoms with Crippen molar-refractivity contribution in [3.63, 3.8) is 0 Å². The molecule has 6 nitrogen and oxygen atoms in total. The summed E-state index contributed by atoms with van der Waals surface area (Å²) >= 11 is 0. The molecule has 0 aromatic heterocycles. The Morgan fingerprint density at radius 3 is 2.67 bits per heavy atom. The predicted molar refractivity (Wildman–Crippen MR) is 100 cm³/mol. The summed E-state index contributed by atoms with van der Waals surface area (Å²) in [6.45, 7) is 5.26. The molecule has 2 rings (SSSR count). The van der Waals surface area contributed by atoms with Crippen molar-refractivity contribution in [1.82, 2.24) is 15.5 Å². The minimum absolute atomic E-state index is 0.133. The second kappa shape index (κ2) is 8.97. The Kier molecular flexibility index (Phi) is 6.93. The van der Waals surface area contributed by atoms with Crippen molar-refractivity contribution in [2.45, 2.75) is 65.0 Å². The van der Waals surface area contributed by atoms with E-state index >= 15 is 0 Å². The Bertz CT molecular complexity index is 722. The lowest BCUT2D eigenvalue weighted by molar-refractivity contribution is -0.134. The molecule has 0 aliphatic carbocycles. The van der Waals surface area contributed by atoms with E-state index in [0.29, 0.717) is 17.5 Å². The lowest BCUT2D eigenvalue weighted by Gasteiger charge is -2.21. The van der Waals surface area contributed by atoms with Gasteiger partial charge in [-0.3, -0.25) is 14.5 Å². The van der Waals surface area contributed by atoms with E-state index in [4.69, 9.17) is 0 Å². The van der Waals surface area contributed by atoms with Crippen molar-refractivity contribution >= 4 is 17.8 Å². The number of rotatable bonds is 9. The van der Waals surface area contributed by atoms with Gasteiger partial charge in [-0.1, -0.05) is 44.7 Å². The van der Waals surface area contributed by atoms with Crippen LogP contribution in [0, 0.1) is 12.7 Å². The highest BCUT2D eigenvalue weighted by Crippen LogP contribution is 2.24. The Balaban J connectivity index is 1.88. The molecule has 148 valence electrons. The van der Waals surface area contributed by atoms with Gasteiger partial charge in [0.1, 0.15) is 17.9 Å². The van der Waals surface area contributed by atoms with Crippen LogP contribution in [0.5, 0.6) is 0 Å². The third-order valence-corrected chi connectivity index (χ3v) is 4.90. The van der Waals surface area contributed by atoms with Crippen LogP contribution in [-0.4, -0.2) is 34.8 Å². The molecule has 0 saturated carbocycles. The predicted octanol–water partition coefficient (Wildman–Crippen LogP) is 3.03. The van der Waals surface area contributed by atoms with Gasteiger partial charge in [0.2, 0.25) is 5.91 Å². The fraction of sp³-hybridized carbons (Fsp3) is 0.550. The summed E-state index contributed by atoms with van der Waals surface area (Å²) in [6.07, 6.45) is 4.58. The highest BCUT2D eigenvalue weighted by atomic mass is 19.1. The molecule has 1 aliphatic rings. The number of carbonyl (C=O) groups is 3. The lowest BCUT2D eigenvalue weighted by atomic mass is 9.94. The second-order valence-corrected chi connectivity index (χ2v) is 7.32. The molecule has 1 heterocycles. The molecular formula is C20H28FN3O3. The lowest BCUT2D eigenvalue weighted by Crippen LogP contribution is -2.45. The van der Waals surface area contributed by atoms with E-state index in [0.717, 1.165) is 30.6 Å². The first kappa shape index (κ1) is 20.9. The van der Waals surface area contributed by atoms with E-state index in [1.54, 1.807) is 26.0 Å². The molecule has 1 atom stereocenters. The van der Waals surface area contributed by atoms with Crippen molar-refractivity contribution in [2.75, 3.05) is 6.54 Å². The minimum Gasteiger partial charge on any atom is -0.350 e. The van der Waals surface area contributed by atoms with E-state index in [2.05, 4.69) is 17.6 Å². The topological polar surface area (TPSA) is 78.5 Å². The standard InChI is InChI=1S/C20H28FN3O3/c1-4-5-6-7-10-20(3)18(26)24(19(27)23-20)13-17(25)22-12-15-9-8-14(2)16(21)11-15/h8-9,11H,4-7,10,12-13H2,1-3H3,(H,22,25)(H,23,27). The molecule has 1 fully saturated rings. The summed E-state index contributed by atoms with van der Waals surface area (Å²) in [5, 5.41) is 5.33. The highest BCUT2D eigenvalue weighted by molar-refractivity contribution is 6.08. The molecule has 4 amide bonds. The molecule has 7 heteroatoms. The van der Waals surface area contributed by atoms with Crippen LogP contribution in [-0.2, 0) is 16.1 Å². The van der Waals surface area contributed by atoms with Gasteiger partial charge in [-0.05, 0) is 37.5 Å². The summed E-state index contributed by atoms with van der Waals surface area (Å²) in [5.41, 5.74) is 0.192. The van der Waals surface area contributed by atoms with Gasteiger partial charge in [-0.2, -0.15) is 0 Å². The zero-order valence-corrected chi connectivity index (χ0v) is 16.2. The summed E-state index contributed by atoms with van der Waals surface area (Å²) in [4.78, 5) is 37.8. The number of hydrogen-bond donors (Lipinski definition) is 2. The highest BCUT2D eigenvalue weighted by Gasteiger charge is 2.47. The fourth-order valence-electron chi connectivity index (χ4n) is 3.11. The number of hydrogen-bond acceptors (Lipinski definition) is 3. The zero-order chi connectivity index (χ0) is 20.0. The molecule has 0 radical (unpaired) electrons. The van der Waals surface area contributed by atoms with Crippen LogP contribution in [0.3, 0.4) is 0 Å². The Labute approximate surface area is 159 Å². The Hall–Kier alpha value is -2.44. The monoisotopic (exact) mass is 377 g/mol. The van der Waals surface area contributed by atoms with Crippen LogP contribution in [0.15, 0.2) is 18.2 Å². The molecule has 0 spiro atoms. The average molecular weight is 377 g/mol. The zero-order valence-electron chi connectivity index (χ0n) is 16.2. The van der Waals surface area contributed by atoms with Gasteiger partial charge in [0.05, 0.1) is 0 Å². The van der Waals surface area contributed by atoms with E-state index in [1.165, 1.54) is 6.07 Å². The molecule has 1 aromatic rings. The number of benzene rings is 1. The number of amides is 4. The number of nitrogens with one attached hydrogen (secondary N) is 2. The van der Waals surface area contributed by atoms with E-state index in [9.17, 15) is 18.8 Å². The maximum Gasteiger partial charge on any atom is 0.325 e. The van der Waals surface area contributed by atoms with Crippen LogP contribution in [0.2, 0.25) is 0 Å². The van der Waals surface area contributed by atoms with E-state index in [1.807, 2.05) is 0 Å². The number of halogens is 1. The maximum absolute atomic E-state index is 13.6. The van der Waals surface area contributed by atoms with Gasteiger partial charge in [0.15, 0.2) is 0 Å². The largest absolute Gasteiger partial charge is 0.350 e. The van der Waals surface area contributed by atoms with Crippen molar-refractivity contribution < 1.29 is 18.8 Å². The molecule has 0 bridgehead atoms. The quantitative estimate of drug-likeness (QED) is 0.513. The van der Waals surface area contributed by atoms with Gasteiger partial charge in [0, 0.05) is 6.54 Å². The van der Waals surface area contributed by atoms with Crippen molar-refractivity contribution in [1.29, 1.82) is 0 Å². The van der Waals surface area contributed by atoms with Crippen LogP contribution in [0.25, 0.3) is 0 Å². The normalized spacial score (nSPS) is 19.3. The smallest absolute Gasteiger partial charge is 0.325 e. The minimum atomic E-state index is -0.953. The molecular weight excluding hydrogens is 349 g/mol. The summed E-state index contributed by atoms with van der Waals surface area (Å²) in [5.74, 6) is -1.18. The first-order valence-corrected chi connectivity index (χ1v) is 9.42. The van der Waals surface area contributed by atoms with Gasteiger partial charge >= 0.3 is 6.03 Å². The van der Waals surface area contributed by atoms with Crippen molar-refractivity contribution in [3.05, 3.63) is 35.1 Å².